The molecule has 0 saturated heterocycles. The number of para-hydroxylation sites is 2. The van der Waals surface area contributed by atoms with E-state index in [0.717, 1.165) is 30.0 Å². The summed E-state index contributed by atoms with van der Waals surface area (Å²) < 4.78 is 13.1. The summed E-state index contributed by atoms with van der Waals surface area (Å²) in [6, 6.07) is 7.68. The Labute approximate surface area is 125 Å². The summed E-state index contributed by atoms with van der Waals surface area (Å²) in [6.45, 7) is 4.06. The van der Waals surface area contributed by atoms with Crippen LogP contribution >= 0.6 is 0 Å². The van der Waals surface area contributed by atoms with Gasteiger partial charge in [-0.2, -0.15) is 5.10 Å². The zero-order valence-corrected chi connectivity index (χ0v) is 13.1. The fraction of sp³-hybridized carbons (Fsp3) is 0.438. The van der Waals surface area contributed by atoms with E-state index in [1.54, 1.807) is 11.8 Å². The van der Waals surface area contributed by atoms with Gasteiger partial charge in [0.15, 0.2) is 11.5 Å². The zero-order valence-electron chi connectivity index (χ0n) is 13.1. The Morgan fingerprint density at radius 2 is 1.95 bits per heavy atom. The molecule has 0 aliphatic rings. The maximum Gasteiger partial charge on any atom is 0.221 e. The molecule has 5 heteroatoms. The summed E-state index contributed by atoms with van der Waals surface area (Å²) in [7, 11) is 3.50. The van der Waals surface area contributed by atoms with E-state index in [4.69, 9.17) is 15.2 Å². The minimum absolute atomic E-state index is 0.105. The van der Waals surface area contributed by atoms with Gasteiger partial charge in [-0.3, -0.25) is 0 Å². The molecule has 1 atom stereocenters. The fourth-order valence-electron chi connectivity index (χ4n) is 2.26. The first-order chi connectivity index (χ1) is 10.1. The maximum absolute atomic E-state index is 6.08. The summed E-state index contributed by atoms with van der Waals surface area (Å²) in [5.41, 5.74) is 8.09. The number of benzene rings is 1. The third kappa shape index (κ3) is 3.36. The molecule has 0 spiro atoms. The lowest BCUT2D eigenvalue weighted by molar-refractivity contribution is 0.363. The molecule has 1 unspecified atom stereocenters. The van der Waals surface area contributed by atoms with Gasteiger partial charge in [-0.1, -0.05) is 19.1 Å². The fourth-order valence-corrected chi connectivity index (χ4v) is 2.26. The van der Waals surface area contributed by atoms with Crippen LogP contribution in [-0.2, 0) is 13.5 Å². The molecule has 5 nitrogen and oxygen atoms in total. The summed E-state index contributed by atoms with van der Waals surface area (Å²) >= 11 is 0. The molecule has 1 aromatic carbocycles. The molecular formula is C16H23N3O2. The summed E-state index contributed by atoms with van der Waals surface area (Å²) in [6.07, 6.45) is 1.67. The second-order valence-corrected chi connectivity index (χ2v) is 5.12. The first-order valence-electron chi connectivity index (χ1n) is 7.15. The van der Waals surface area contributed by atoms with Crippen molar-refractivity contribution < 1.29 is 9.47 Å². The molecule has 2 rings (SSSR count). The van der Waals surface area contributed by atoms with Crippen LogP contribution in [0.5, 0.6) is 17.4 Å². The summed E-state index contributed by atoms with van der Waals surface area (Å²) in [5.74, 6) is 2.09. The highest BCUT2D eigenvalue weighted by molar-refractivity contribution is 5.44. The lowest BCUT2D eigenvalue weighted by atomic mass is 10.1. The number of ether oxygens (including phenoxy) is 2. The highest BCUT2D eigenvalue weighted by atomic mass is 16.5. The Bertz CT molecular complexity index is 608. The predicted molar refractivity (Wildman–Crippen MR) is 83.0 cm³/mol. The highest BCUT2D eigenvalue weighted by Crippen LogP contribution is 2.33. The topological polar surface area (TPSA) is 62.3 Å². The monoisotopic (exact) mass is 289 g/mol. The van der Waals surface area contributed by atoms with Crippen molar-refractivity contribution in [1.29, 1.82) is 0 Å². The van der Waals surface area contributed by atoms with Crippen molar-refractivity contribution in [3.8, 4) is 17.4 Å². The second-order valence-electron chi connectivity index (χ2n) is 5.12. The molecule has 0 bridgehead atoms. The quantitative estimate of drug-likeness (QED) is 0.888. The van der Waals surface area contributed by atoms with Gasteiger partial charge in [0.1, 0.15) is 0 Å². The van der Waals surface area contributed by atoms with Gasteiger partial charge in [-0.15, -0.1) is 0 Å². The number of nitrogens with two attached hydrogens (primary N) is 1. The zero-order chi connectivity index (χ0) is 15.4. The first kappa shape index (κ1) is 15.4. The van der Waals surface area contributed by atoms with Crippen LogP contribution in [0, 0.1) is 6.92 Å². The van der Waals surface area contributed by atoms with Crippen LogP contribution in [0.25, 0.3) is 0 Å². The van der Waals surface area contributed by atoms with Crippen molar-refractivity contribution in [3.05, 3.63) is 35.5 Å². The van der Waals surface area contributed by atoms with Crippen LogP contribution in [0.4, 0.5) is 0 Å². The highest BCUT2D eigenvalue weighted by Gasteiger charge is 2.18. The van der Waals surface area contributed by atoms with Crippen LogP contribution in [0.15, 0.2) is 24.3 Å². The van der Waals surface area contributed by atoms with E-state index in [0.29, 0.717) is 11.5 Å². The molecule has 0 aliphatic heterocycles. The summed E-state index contributed by atoms with van der Waals surface area (Å²) in [4.78, 5) is 0. The van der Waals surface area contributed by atoms with Crippen LogP contribution in [0.2, 0.25) is 0 Å². The van der Waals surface area contributed by atoms with Gasteiger partial charge < -0.3 is 15.2 Å². The van der Waals surface area contributed by atoms with E-state index in [1.165, 1.54) is 0 Å². The number of hydrogen-bond acceptors (Lipinski definition) is 4. The number of aromatic nitrogens is 2. The number of nitrogens with zero attached hydrogens (tertiary/aromatic N) is 2. The van der Waals surface area contributed by atoms with Crippen molar-refractivity contribution >= 4 is 0 Å². The van der Waals surface area contributed by atoms with Crippen LogP contribution in [-0.4, -0.2) is 22.9 Å². The molecule has 114 valence electrons. The number of rotatable bonds is 6. The molecule has 0 fully saturated rings. The van der Waals surface area contributed by atoms with E-state index in [9.17, 15) is 0 Å². The van der Waals surface area contributed by atoms with Gasteiger partial charge in [0, 0.05) is 18.7 Å². The Hall–Kier alpha value is -2.01. The summed E-state index contributed by atoms with van der Waals surface area (Å²) in [5, 5.41) is 4.45. The molecule has 1 aromatic heterocycles. The van der Waals surface area contributed by atoms with E-state index < -0.39 is 0 Å². The molecule has 21 heavy (non-hydrogen) atoms. The molecule has 0 aliphatic carbocycles. The molecule has 0 saturated carbocycles. The molecule has 2 aromatic rings. The van der Waals surface area contributed by atoms with Gasteiger partial charge in [0.05, 0.1) is 12.8 Å². The number of methoxy groups -OCH3 is 1. The van der Waals surface area contributed by atoms with Crippen molar-refractivity contribution in [2.75, 3.05) is 7.11 Å². The van der Waals surface area contributed by atoms with E-state index in [2.05, 4.69) is 12.0 Å². The Morgan fingerprint density at radius 3 is 2.57 bits per heavy atom. The molecular weight excluding hydrogens is 266 g/mol. The second kappa shape index (κ2) is 6.63. The van der Waals surface area contributed by atoms with E-state index >= 15 is 0 Å². The Balaban J connectivity index is 2.35. The van der Waals surface area contributed by atoms with Crippen LogP contribution in [0.3, 0.4) is 0 Å². The van der Waals surface area contributed by atoms with Crippen molar-refractivity contribution in [2.24, 2.45) is 12.8 Å². The Morgan fingerprint density at radius 1 is 1.29 bits per heavy atom. The first-order valence-corrected chi connectivity index (χ1v) is 7.15. The van der Waals surface area contributed by atoms with E-state index in [1.807, 2.05) is 38.2 Å². The van der Waals surface area contributed by atoms with Gasteiger partial charge >= 0.3 is 0 Å². The van der Waals surface area contributed by atoms with Gasteiger partial charge in [-0.05, 0) is 31.9 Å². The molecule has 0 amide bonds. The van der Waals surface area contributed by atoms with Gasteiger partial charge in [0.2, 0.25) is 5.88 Å². The third-order valence-electron chi connectivity index (χ3n) is 3.56. The minimum atomic E-state index is 0.105. The maximum atomic E-state index is 6.08. The number of hydrogen-bond donors (Lipinski definition) is 1. The van der Waals surface area contributed by atoms with Crippen LogP contribution < -0.4 is 15.2 Å². The van der Waals surface area contributed by atoms with Gasteiger partial charge in [0.25, 0.3) is 0 Å². The predicted octanol–water partition coefficient (Wildman–Crippen LogP) is 2.81. The van der Waals surface area contributed by atoms with Crippen molar-refractivity contribution in [1.82, 2.24) is 9.78 Å². The van der Waals surface area contributed by atoms with Crippen LogP contribution in [0.1, 0.15) is 24.6 Å². The normalized spacial score (nSPS) is 12.2. The average molecular weight is 289 g/mol. The molecule has 1 heterocycles. The number of aryl methyl sites for hydroxylation is 2. The smallest absolute Gasteiger partial charge is 0.221 e. The largest absolute Gasteiger partial charge is 0.493 e. The Kier molecular flexibility index (Phi) is 4.85. The standard InChI is InChI=1S/C16H23N3O2/c1-5-12(17)10-13-11(2)18-19(3)16(13)21-15-9-7-6-8-14(15)20-4/h6-9,12H,5,10,17H2,1-4H3. The lowest BCUT2D eigenvalue weighted by Crippen LogP contribution is -2.21. The average Bonchev–Trinajstić information content (AvgIpc) is 2.74. The molecule has 2 N–H and O–H groups in total. The lowest BCUT2D eigenvalue weighted by Gasteiger charge is -2.13. The van der Waals surface area contributed by atoms with E-state index in [-0.39, 0.29) is 6.04 Å². The van der Waals surface area contributed by atoms with Crippen molar-refractivity contribution in [3.63, 3.8) is 0 Å². The van der Waals surface area contributed by atoms with Crippen molar-refractivity contribution in [2.45, 2.75) is 32.7 Å². The van der Waals surface area contributed by atoms with Gasteiger partial charge in [-0.25, -0.2) is 4.68 Å². The third-order valence-corrected chi connectivity index (χ3v) is 3.56. The molecule has 0 radical (unpaired) electrons. The minimum Gasteiger partial charge on any atom is -0.493 e. The SMILES string of the molecule is CCC(N)Cc1c(C)nn(C)c1Oc1ccccc1OC.